The first-order valence-corrected chi connectivity index (χ1v) is 7.87. The van der Waals surface area contributed by atoms with E-state index in [2.05, 4.69) is 35.7 Å². The number of benzene rings is 1. The Labute approximate surface area is 148 Å². The first-order chi connectivity index (χ1) is 11.4. The second kappa shape index (κ2) is 7.47. The molecule has 124 valence electrons. The molecule has 1 aromatic carbocycles. The van der Waals surface area contributed by atoms with E-state index in [9.17, 15) is 0 Å². The van der Waals surface area contributed by atoms with Crippen molar-refractivity contribution in [2.24, 2.45) is 0 Å². The molecule has 0 amide bonds. The number of aromatic nitrogens is 6. The van der Waals surface area contributed by atoms with Crippen molar-refractivity contribution < 1.29 is 4.74 Å². The third-order valence-corrected chi connectivity index (χ3v) is 4.00. The largest absolute Gasteiger partial charge is 0.436 e. The highest BCUT2D eigenvalue weighted by Crippen LogP contribution is 2.30. The van der Waals surface area contributed by atoms with Gasteiger partial charge in [-0.25, -0.2) is 4.68 Å². The summed E-state index contributed by atoms with van der Waals surface area (Å²) >= 11 is 1.16. The summed E-state index contributed by atoms with van der Waals surface area (Å²) in [6.07, 6.45) is 4.61. The van der Waals surface area contributed by atoms with Crippen LogP contribution in [-0.2, 0) is 0 Å². The molecule has 0 bridgehead atoms. The summed E-state index contributed by atoms with van der Waals surface area (Å²) in [6, 6.07) is 7.48. The lowest BCUT2D eigenvalue weighted by Crippen LogP contribution is -2.20. The zero-order chi connectivity index (χ0) is 15.5. The van der Waals surface area contributed by atoms with Crippen molar-refractivity contribution in [3.05, 3.63) is 42.4 Å². The van der Waals surface area contributed by atoms with Crippen LogP contribution >= 0.6 is 24.1 Å². The van der Waals surface area contributed by atoms with Crippen LogP contribution in [0.4, 0.5) is 0 Å². The highest BCUT2D eigenvalue weighted by Gasteiger charge is 2.16. The number of nitrogens with zero attached hydrogens (tertiary/aromatic N) is 6. The summed E-state index contributed by atoms with van der Waals surface area (Å²) < 4.78 is 16.1. The van der Waals surface area contributed by atoms with Gasteiger partial charge in [-0.05, 0) is 53.2 Å². The van der Waals surface area contributed by atoms with Crippen molar-refractivity contribution in [1.29, 1.82) is 0 Å². The molecule has 0 saturated heterocycles. The summed E-state index contributed by atoms with van der Waals surface area (Å²) in [5, 5.41) is 14.4. The fraction of sp³-hybridized carbons (Fsp3) is 0.214. The Morgan fingerprint density at radius 3 is 2.75 bits per heavy atom. The highest BCUT2D eigenvalue weighted by molar-refractivity contribution is 6.99. The standard InChI is InChI=1S/C14H13N7OS.ClH/c1-3-12(4-2-11(1)21-9-16-19-20-21)22-14-13(17-23-18-14)10-5-7-15-8-6-10;/h1-5,9,15H,6-8H2;1H. The molecule has 1 aliphatic rings. The van der Waals surface area contributed by atoms with Gasteiger partial charge in [-0.1, -0.05) is 6.08 Å². The maximum atomic E-state index is 5.89. The molecule has 2 aromatic heterocycles. The first-order valence-electron chi connectivity index (χ1n) is 7.14. The average molecular weight is 364 g/mol. The lowest BCUT2D eigenvalue weighted by Gasteiger charge is -2.13. The van der Waals surface area contributed by atoms with Crippen LogP contribution in [0.15, 0.2) is 36.7 Å². The number of nitrogens with one attached hydrogen (secondary N) is 1. The number of rotatable bonds is 4. The molecular formula is C14H14ClN7OS. The van der Waals surface area contributed by atoms with Crippen LogP contribution < -0.4 is 10.1 Å². The molecule has 8 nitrogen and oxygen atoms in total. The van der Waals surface area contributed by atoms with E-state index < -0.39 is 0 Å². The molecule has 10 heteroatoms. The van der Waals surface area contributed by atoms with Gasteiger partial charge in [-0.2, -0.15) is 4.37 Å². The molecule has 0 radical (unpaired) electrons. The Hall–Kier alpha value is -2.36. The maximum Gasteiger partial charge on any atom is 0.259 e. The highest BCUT2D eigenvalue weighted by atomic mass is 35.5. The Bertz CT molecular complexity index is 816. The van der Waals surface area contributed by atoms with E-state index in [0.29, 0.717) is 11.6 Å². The minimum Gasteiger partial charge on any atom is -0.436 e. The SMILES string of the molecule is C1=C(c2nsnc2Oc2ccc(-n3cnnn3)cc2)CCNC1.Cl. The number of hydrogen-bond acceptors (Lipinski definition) is 8. The Kier molecular flexibility index (Phi) is 5.14. The smallest absolute Gasteiger partial charge is 0.259 e. The van der Waals surface area contributed by atoms with Gasteiger partial charge in [0.1, 0.15) is 17.8 Å². The van der Waals surface area contributed by atoms with Crippen LogP contribution in [0.2, 0.25) is 0 Å². The molecule has 1 aliphatic heterocycles. The van der Waals surface area contributed by atoms with Crippen LogP contribution in [0.25, 0.3) is 11.3 Å². The number of ether oxygens (including phenoxy) is 1. The quantitative estimate of drug-likeness (QED) is 0.759. The molecule has 24 heavy (non-hydrogen) atoms. The van der Waals surface area contributed by atoms with Crippen LogP contribution in [-0.4, -0.2) is 42.0 Å². The van der Waals surface area contributed by atoms with Crippen molar-refractivity contribution in [3.8, 4) is 17.3 Å². The lowest BCUT2D eigenvalue weighted by atomic mass is 10.1. The minimum atomic E-state index is 0. The van der Waals surface area contributed by atoms with Gasteiger partial charge in [0.25, 0.3) is 5.88 Å². The van der Waals surface area contributed by atoms with Crippen molar-refractivity contribution in [1.82, 2.24) is 34.3 Å². The summed E-state index contributed by atoms with van der Waals surface area (Å²) in [6.45, 7) is 1.80. The van der Waals surface area contributed by atoms with E-state index >= 15 is 0 Å². The maximum absolute atomic E-state index is 5.89. The van der Waals surface area contributed by atoms with Gasteiger partial charge < -0.3 is 10.1 Å². The third kappa shape index (κ3) is 3.42. The zero-order valence-corrected chi connectivity index (χ0v) is 14.1. The van der Waals surface area contributed by atoms with Crippen LogP contribution in [0.5, 0.6) is 11.6 Å². The summed E-state index contributed by atoms with van der Waals surface area (Å²) in [4.78, 5) is 0. The van der Waals surface area contributed by atoms with Gasteiger partial charge in [-0.15, -0.1) is 21.9 Å². The van der Waals surface area contributed by atoms with Crippen LogP contribution in [0, 0.1) is 0 Å². The van der Waals surface area contributed by atoms with Crippen molar-refractivity contribution in [2.45, 2.75) is 6.42 Å². The van der Waals surface area contributed by atoms with Gasteiger partial charge in [-0.3, -0.25) is 0 Å². The van der Waals surface area contributed by atoms with Crippen molar-refractivity contribution >= 4 is 29.7 Å². The fourth-order valence-corrected chi connectivity index (χ4v) is 2.86. The molecule has 0 fully saturated rings. The van der Waals surface area contributed by atoms with E-state index in [1.54, 1.807) is 11.0 Å². The van der Waals surface area contributed by atoms with Crippen molar-refractivity contribution in [3.63, 3.8) is 0 Å². The molecule has 4 rings (SSSR count). The summed E-state index contributed by atoms with van der Waals surface area (Å²) in [7, 11) is 0. The second-order valence-corrected chi connectivity index (χ2v) is 5.48. The van der Waals surface area contributed by atoms with E-state index in [4.69, 9.17) is 4.74 Å². The van der Waals surface area contributed by atoms with Gasteiger partial charge in [0.2, 0.25) is 0 Å². The summed E-state index contributed by atoms with van der Waals surface area (Å²) in [5.74, 6) is 1.25. The van der Waals surface area contributed by atoms with Crippen molar-refractivity contribution in [2.75, 3.05) is 13.1 Å². The Balaban J connectivity index is 0.00000169. The summed E-state index contributed by atoms with van der Waals surface area (Å²) in [5.41, 5.74) is 2.87. The molecule has 3 aromatic rings. The Morgan fingerprint density at radius 1 is 1.17 bits per heavy atom. The molecule has 0 saturated carbocycles. The Morgan fingerprint density at radius 2 is 2.04 bits per heavy atom. The first kappa shape index (κ1) is 16.5. The molecule has 0 spiro atoms. The lowest BCUT2D eigenvalue weighted by molar-refractivity contribution is 0.465. The van der Waals surface area contributed by atoms with Gasteiger partial charge in [0.05, 0.1) is 17.4 Å². The number of tetrazole rings is 1. The fourth-order valence-electron chi connectivity index (χ4n) is 2.34. The van der Waals surface area contributed by atoms with E-state index in [0.717, 1.165) is 42.6 Å². The van der Waals surface area contributed by atoms with Gasteiger partial charge >= 0.3 is 0 Å². The predicted molar refractivity (Wildman–Crippen MR) is 91.8 cm³/mol. The molecule has 1 N–H and O–H groups in total. The van der Waals surface area contributed by atoms with Gasteiger partial charge in [0, 0.05) is 6.54 Å². The predicted octanol–water partition coefficient (Wildman–Crippen LogP) is 2.10. The number of halogens is 1. The molecular weight excluding hydrogens is 350 g/mol. The van der Waals surface area contributed by atoms with E-state index in [-0.39, 0.29) is 12.4 Å². The third-order valence-electron chi connectivity index (χ3n) is 3.49. The molecule has 0 aliphatic carbocycles. The van der Waals surface area contributed by atoms with Crippen LogP contribution in [0.3, 0.4) is 0 Å². The van der Waals surface area contributed by atoms with E-state index in [1.165, 1.54) is 5.57 Å². The van der Waals surface area contributed by atoms with E-state index in [1.807, 2.05) is 24.3 Å². The zero-order valence-electron chi connectivity index (χ0n) is 12.5. The molecule has 3 heterocycles. The topological polar surface area (TPSA) is 90.6 Å². The molecule has 0 unspecified atom stereocenters. The monoisotopic (exact) mass is 363 g/mol. The average Bonchev–Trinajstić information content (AvgIpc) is 3.28. The minimum absolute atomic E-state index is 0. The van der Waals surface area contributed by atoms with Gasteiger partial charge in [0.15, 0.2) is 0 Å². The normalized spacial score (nSPS) is 13.9. The second-order valence-electron chi connectivity index (χ2n) is 4.95. The number of hydrogen-bond donors (Lipinski definition) is 1. The van der Waals surface area contributed by atoms with Crippen LogP contribution in [0.1, 0.15) is 12.1 Å². The molecule has 0 atom stereocenters.